The highest BCUT2D eigenvalue weighted by Gasteiger charge is 2.06. The zero-order valence-electron chi connectivity index (χ0n) is 6.02. The molecule has 0 aliphatic rings. The molecule has 0 aromatic rings. The molecule has 0 fully saturated rings. The van der Waals surface area contributed by atoms with Crippen molar-refractivity contribution in [2.45, 2.75) is 13.8 Å². The van der Waals surface area contributed by atoms with Crippen LogP contribution < -0.4 is 0 Å². The van der Waals surface area contributed by atoms with E-state index >= 15 is 0 Å². The highest BCUT2D eigenvalue weighted by atomic mass is 19.4. The van der Waals surface area contributed by atoms with E-state index in [0.717, 1.165) is 0 Å². The Morgan fingerprint density at radius 2 is 1.00 bits per heavy atom. The van der Waals surface area contributed by atoms with Crippen LogP contribution in [0.3, 0.4) is 0 Å². The molecule has 0 aromatic carbocycles. The highest BCUT2D eigenvalue weighted by molar-refractivity contribution is 6.33. The molecule has 10 heavy (non-hydrogen) atoms. The Kier molecular flexibility index (Phi) is 38.1. The Morgan fingerprint density at radius 1 is 1.00 bits per heavy atom. The Labute approximate surface area is 58.9 Å². The summed E-state index contributed by atoms with van der Waals surface area (Å²) < 4.78 is 29.0. The smallest absolute Gasteiger partial charge is 0.397 e. The van der Waals surface area contributed by atoms with Crippen molar-refractivity contribution >= 4 is 7.54 Å². The van der Waals surface area contributed by atoms with Crippen molar-refractivity contribution in [2.24, 2.45) is 0 Å². The summed E-state index contributed by atoms with van der Waals surface area (Å²) >= 11 is 0. The molecule has 0 atom stereocenters. The van der Waals surface area contributed by atoms with E-state index in [1.54, 1.807) is 13.8 Å². The van der Waals surface area contributed by atoms with Gasteiger partial charge in [0.05, 0.1) is 0 Å². The number of hydrogen-bond donors (Lipinski definition) is 2. The summed E-state index contributed by atoms with van der Waals surface area (Å²) in [4.78, 5) is 0. The van der Waals surface area contributed by atoms with Crippen LogP contribution in [0.25, 0.3) is 0 Å². The van der Waals surface area contributed by atoms with Crippen LogP contribution in [0.5, 0.6) is 0 Å². The zero-order valence-corrected chi connectivity index (χ0v) is 6.02. The molecule has 0 rings (SSSR count). The fraction of sp³-hybridized carbons (Fsp3) is 1.00. The van der Waals surface area contributed by atoms with Crippen LogP contribution in [0.1, 0.15) is 13.8 Å². The third kappa shape index (κ3) is 7050. The van der Waals surface area contributed by atoms with Crippen LogP contribution in [0.2, 0.25) is 0 Å². The fourth-order valence-electron chi connectivity index (χ4n) is 0. The number of aliphatic hydroxyl groups excluding tert-OH is 2. The van der Waals surface area contributed by atoms with Crippen LogP contribution >= 0.6 is 0 Å². The lowest BCUT2D eigenvalue weighted by molar-refractivity contribution is 0.318. The van der Waals surface area contributed by atoms with Gasteiger partial charge in [0.25, 0.3) is 0 Å². The van der Waals surface area contributed by atoms with E-state index in [-0.39, 0.29) is 13.2 Å². The van der Waals surface area contributed by atoms with Crippen LogP contribution in [0.4, 0.5) is 12.9 Å². The number of hydrogen-bond acceptors (Lipinski definition) is 2. The predicted octanol–water partition coefficient (Wildman–Crippen LogP) is 0.877. The minimum absolute atomic E-state index is 0.250. The molecule has 0 saturated heterocycles. The molecule has 0 unspecified atom stereocenters. The van der Waals surface area contributed by atoms with E-state index in [4.69, 9.17) is 10.2 Å². The molecule has 0 amide bonds. The van der Waals surface area contributed by atoms with E-state index in [1.165, 1.54) is 0 Å². The van der Waals surface area contributed by atoms with Gasteiger partial charge in [-0.05, 0) is 13.8 Å². The molecule has 2 nitrogen and oxygen atoms in total. The first-order valence-electron chi connectivity index (χ1n) is 2.70. The molecule has 0 aliphatic carbocycles. The second-order valence-corrected chi connectivity index (χ2v) is 0.880. The predicted molar refractivity (Wildman–Crippen MR) is 34.6 cm³/mol. The average Bonchev–Trinajstić information content (AvgIpc) is 1.65. The molecular weight excluding hydrogens is 148 g/mol. The van der Waals surface area contributed by atoms with Crippen molar-refractivity contribution in [3.8, 4) is 0 Å². The zero-order chi connectivity index (χ0) is 8.99. The van der Waals surface area contributed by atoms with Crippen molar-refractivity contribution in [1.29, 1.82) is 0 Å². The molecule has 2 N–H and O–H groups in total. The molecule has 0 aromatic heterocycles. The topological polar surface area (TPSA) is 40.5 Å². The minimum Gasteiger partial charge on any atom is -0.397 e. The van der Waals surface area contributed by atoms with Gasteiger partial charge in [0.15, 0.2) is 0 Å². The van der Waals surface area contributed by atoms with E-state index in [9.17, 15) is 12.9 Å². The van der Waals surface area contributed by atoms with Gasteiger partial charge < -0.3 is 10.2 Å². The molecule has 0 aliphatic heterocycles. The SMILES string of the molecule is CCO.CCO.FB(F)F. The van der Waals surface area contributed by atoms with Gasteiger partial charge in [0.1, 0.15) is 0 Å². The van der Waals surface area contributed by atoms with Crippen molar-refractivity contribution in [1.82, 2.24) is 0 Å². The average molecular weight is 160 g/mol. The first-order chi connectivity index (χ1) is 4.56. The summed E-state index contributed by atoms with van der Waals surface area (Å²) in [5.41, 5.74) is 0. The van der Waals surface area contributed by atoms with Crippen LogP contribution in [0, 0.1) is 0 Å². The molecule has 64 valence electrons. The second-order valence-electron chi connectivity index (χ2n) is 0.880. The Hall–Kier alpha value is -0.225. The third-order valence-corrected chi connectivity index (χ3v) is 0. The Morgan fingerprint density at radius 3 is 1.00 bits per heavy atom. The minimum atomic E-state index is -3.67. The van der Waals surface area contributed by atoms with Crippen LogP contribution in [-0.2, 0) is 0 Å². The monoisotopic (exact) mass is 160 g/mol. The normalized spacial score (nSPS) is 6.30. The van der Waals surface area contributed by atoms with Gasteiger partial charge in [0.2, 0.25) is 0 Å². The van der Waals surface area contributed by atoms with Crippen molar-refractivity contribution in [3.05, 3.63) is 0 Å². The molecule has 6 heteroatoms. The molecule has 0 saturated carbocycles. The quantitative estimate of drug-likeness (QED) is 0.516. The van der Waals surface area contributed by atoms with Crippen molar-refractivity contribution in [3.63, 3.8) is 0 Å². The lowest BCUT2D eigenvalue weighted by Gasteiger charge is -1.55. The maximum atomic E-state index is 9.67. The Balaban J connectivity index is -0.0000000750. The fourth-order valence-corrected chi connectivity index (χ4v) is 0. The number of aliphatic hydroxyl groups is 2. The summed E-state index contributed by atoms with van der Waals surface area (Å²) in [6.45, 7) is 3.86. The lowest BCUT2D eigenvalue weighted by atomic mass is 10.5. The lowest BCUT2D eigenvalue weighted by Crippen LogP contribution is -1.76. The van der Waals surface area contributed by atoms with Crippen LogP contribution in [0.15, 0.2) is 0 Å². The largest absolute Gasteiger partial charge is 0.762 e. The summed E-state index contributed by atoms with van der Waals surface area (Å²) in [5, 5.41) is 15.1. The van der Waals surface area contributed by atoms with Gasteiger partial charge in [-0.1, -0.05) is 0 Å². The maximum absolute atomic E-state index is 9.67. The molecule has 0 spiro atoms. The van der Waals surface area contributed by atoms with E-state index in [1.807, 2.05) is 0 Å². The second kappa shape index (κ2) is 23.3. The molecule has 0 heterocycles. The van der Waals surface area contributed by atoms with Gasteiger partial charge in [-0.15, -0.1) is 0 Å². The summed E-state index contributed by atoms with van der Waals surface area (Å²) in [6, 6.07) is 0. The number of halogens is 3. The Bertz CT molecular complexity index is 34.9. The van der Waals surface area contributed by atoms with Crippen LogP contribution in [-0.4, -0.2) is 31.0 Å². The van der Waals surface area contributed by atoms with Crippen molar-refractivity contribution < 1.29 is 23.2 Å². The van der Waals surface area contributed by atoms with Gasteiger partial charge in [0, 0.05) is 13.2 Å². The maximum Gasteiger partial charge on any atom is 0.762 e. The van der Waals surface area contributed by atoms with Gasteiger partial charge in [-0.2, -0.15) is 0 Å². The van der Waals surface area contributed by atoms with Crippen molar-refractivity contribution in [2.75, 3.05) is 13.2 Å². The molecular formula is C4H12BF3O2. The standard InChI is InChI=1S/2C2H6O.BF3/c2*1-2-3;2-1(3)4/h2*3H,2H2,1H3;. The van der Waals surface area contributed by atoms with E-state index in [0.29, 0.717) is 0 Å². The third-order valence-electron chi connectivity index (χ3n) is 0. The summed E-state index contributed by atoms with van der Waals surface area (Å²) in [7, 11) is -3.67. The highest BCUT2D eigenvalue weighted by Crippen LogP contribution is 1.80. The summed E-state index contributed by atoms with van der Waals surface area (Å²) in [6.07, 6.45) is 0. The van der Waals surface area contributed by atoms with Gasteiger partial charge in [-0.25, -0.2) is 0 Å². The molecule has 0 bridgehead atoms. The van der Waals surface area contributed by atoms with Gasteiger partial charge in [-0.3, -0.25) is 12.9 Å². The molecule has 0 radical (unpaired) electrons. The first kappa shape index (κ1) is 16.4. The summed E-state index contributed by atoms with van der Waals surface area (Å²) in [5.74, 6) is 0. The van der Waals surface area contributed by atoms with E-state index in [2.05, 4.69) is 0 Å². The number of rotatable bonds is 0. The van der Waals surface area contributed by atoms with Gasteiger partial charge >= 0.3 is 7.54 Å². The first-order valence-corrected chi connectivity index (χ1v) is 2.70. The van der Waals surface area contributed by atoms with E-state index < -0.39 is 7.54 Å².